The summed E-state index contributed by atoms with van der Waals surface area (Å²) >= 11 is 1.50. The van der Waals surface area contributed by atoms with Crippen LogP contribution in [0.4, 0.5) is 5.82 Å². The number of amides is 1. The van der Waals surface area contributed by atoms with Gasteiger partial charge >= 0.3 is 0 Å². The van der Waals surface area contributed by atoms with Crippen molar-refractivity contribution in [1.29, 1.82) is 0 Å². The number of nitrogens with zero attached hydrogens (tertiary/aromatic N) is 2. The molecule has 8 heteroatoms. The molecule has 0 aliphatic carbocycles. The van der Waals surface area contributed by atoms with Crippen molar-refractivity contribution < 1.29 is 14.3 Å². The van der Waals surface area contributed by atoms with Crippen LogP contribution in [0.25, 0.3) is 0 Å². The normalized spacial score (nSPS) is 15.9. The van der Waals surface area contributed by atoms with Gasteiger partial charge in [0.2, 0.25) is 5.91 Å². The Morgan fingerprint density at radius 2 is 2.07 bits per heavy atom. The van der Waals surface area contributed by atoms with E-state index in [9.17, 15) is 9.59 Å². The topological polar surface area (TPSA) is 82.5 Å². The monoisotopic (exact) mass is 389 g/mol. The van der Waals surface area contributed by atoms with E-state index >= 15 is 0 Å². The first-order chi connectivity index (χ1) is 13.0. The Balaban J connectivity index is 2.19. The first-order valence-corrected chi connectivity index (χ1v) is 9.74. The molecule has 27 heavy (non-hydrogen) atoms. The van der Waals surface area contributed by atoms with E-state index in [0.29, 0.717) is 28.0 Å². The Bertz CT molecular complexity index is 926. The molecular weight excluding hydrogens is 366 g/mol. The fourth-order valence-corrected chi connectivity index (χ4v) is 4.13. The molecule has 0 saturated heterocycles. The van der Waals surface area contributed by atoms with Crippen LogP contribution in [0.3, 0.4) is 0 Å². The van der Waals surface area contributed by atoms with Gasteiger partial charge in [0, 0.05) is 30.7 Å². The maximum absolute atomic E-state index is 12.9. The second-order valence-corrected chi connectivity index (χ2v) is 7.32. The average molecular weight is 389 g/mol. The van der Waals surface area contributed by atoms with Crippen molar-refractivity contribution in [1.82, 2.24) is 9.55 Å². The highest BCUT2D eigenvalue weighted by Gasteiger charge is 2.34. The summed E-state index contributed by atoms with van der Waals surface area (Å²) in [5, 5.41) is 3.45. The van der Waals surface area contributed by atoms with Gasteiger partial charge in [0.25, 0.3) is 5.56 Å². The average Bonchev–Trinajstić information content (AvgIpc) is 2.68. The number of hydrogen-bond acceptors (Lipinski definition) is 6. The van der Waals surface area contributed by atoms with Gasteiger partial charge < -0.3 is 19.4 Å². The van der Waals surface area contributed by atoms with Crippen molar-refractivity contribution in [3.8, 4) is 11.5 Å². The highest BCUT2D eigenvalue weighted by atomic mass is 32.2. The predicted molar refractivity (Wildman–Crippen MR) is 105 cm³/mol. The first-order valence-electron chi connectivity index (χ1n) is 8.76. The minimum absolute atomic E-state index is 0.148. The molecule has 0 fully saturated rings. The Kier molecular flexibility index (Phi) is 5.74. The SMILES string of the molecule is CCCSc1nc(=O)c2c(n1C)NC(=O)C[C@@H]2c1cccc(OC)c1OC. The van der Waals surface area contributed by atoms with E-state index < -0.39 is 5.92 Å². The van der Waals surface area contributed by atoms with E-state index in [4.69, 9.17) is 9.47 Å². The van der Waals surface area contributed by atoms with Gasteiger partial charge in [-0.25, -0.2) is 0 Å². The number of aromatic nitrogens is 2. The fourth-order valence-electron chi connectivity index (χ4n) is 3.31. The number of rotatable bonds is 6. The van der Waals surface area contributed by atoms with Crippen molar-refractivity contribution >= 4 is 23.5 Å². The number of hydrogen-bond donors (Lipinski definition) is 1. The standard InChI is InChI=1S/C19H23N3O4S/c1-5-9-27-19-21-18(24)15-12(10-14(23)20-17(15)22(19)2)11-7-6-8-13(25-3)16(11)26-4/h6-8,12H,5,9-10H2,1-4H3,(H,20,23)/t12-/m1/s1. The molecule has 1 aromatic heterocycles. The summed E-state index contributed by atoms with van der Waals surface area (Å²) in [6.07, 6.45) is 1.11. The molecule has 1 atom stereocenters. The molecule has 1 aliphatic heterocycles. The maximum atomic E-state index is 12.9. The molecule has 1 N–H and O–H groups in total. The van der Waals surface area contributed by atoms with Crippen LogP contribution in [0.2, 0.25) is 0 Å². The van der Waals surface area contributed by atoms with Crippen LogP contribution in [0.5, 0.6) is 11.5 Å². The highest BCUT2D eigenvalue weighted by Crippen LogP contribution is 2.42. The second-order valence-electron chi connectivity index (χ2n) is 6.26. The molecule has 7 nitrogen and oxygen atoms in total. The number of anilines is 1. The van der Waals surface area contributed by atoms with E-state index in [2.05, 4.69) is 17.2 Å². The zero-order chi connectivity index (χ0) is 19.6. The van der Waals surface area contributed by atoms with Crippen LogP contribution in [0.1, 0.15) is 36.8 Å². The lowest BCUT2D eigenvalue weighted by Gasteiger charge is -2.28. The van der Waals surface area contributed by atoms with E-state index in [1.165, 1.54) is 11.8 Å². The molecule has 144 valence electrons. The van der Waals surface area contributed by atoms with Crippen LogP contribution in [-0.2, 0) is 11.8 Å². The van der Waals surface area contributed by atoms with Gasteiger partial charge in [0.15, 0.2) is 16.7 Å². The predicted octanol–water partition coefficient (Wildman–Crippen LogP) is 2.77. The van der Waals surface area contributed by atoms with Gasteiger partial charge in [0.1, 0.15) is 5.82 Å². The molecule has 1 amide bonds. The summed E-state index contributed by atoms with van der Waals surface area (Å²) < 4.78 is 12.7. The van der Waals surface area contributed by atoms with E-state index in [0.717, 1.165) is 17.7 Å². The maximum Gasteiger partial charge on any atom is 0.279 e. The van der Waals surface area contributed by atoms with Gasteiger partial charge in [-0.05, 0) is 12.5 Å². The van der Waals surface area contributed by atoms with Crippen LogP contribution in [0.15, 0.2) is 28.2 Å². The van der Waals surface area contributed by atoms with Crippen molar-refractivity contribution in [2.24, 2.45) is 7.05 Å². The Labute approximate surface area is 162 Å². The lowest BCUT2D eigenvalue weighted by Crippen LogP contribution is -2.33. The zero-order valence-electron chi connectivity index (χ0n) is 15.9. The number of carbonyl (C=O) groups is 1. The first kappa shape index (κ1) is 19.3. The summed E-state index contributed by atoms with van der Waals surface area (Å²) in [6.45, 7) is 2.07. The van der Waals surface area contributed by atoms with Crippen molar-refractivity contribution in [3.63, 3.8) is 0 Å². The summed E-state index contributed by atoms with van der Waals surface area (Å²) in [5.41, 5.74) is 0.891. The van der Waals surface area contributed by atoms with Crippen LogP contribution >= 0.6 is 11.8 Å². The second kappa shape index (κ2) is 8.04. The molecule has 2 aromatic rings. The quantitative estimate of drug-likeness (QED) is 0.604. The molecule has 0 unspecified atom stereocenters. The number of ether oxygens (including phenoxy) is 2. The third-order valence-electron chi connectivity index (χ3n) is 4.54. The Morgan fingerprint density at radius 1 is 1.30 bits per heavy atom. The number of benzene rings is 1. The summed E-state index contributed by atoms with van der Waals surface area (Å²) in [4.78, 5) is 29.6. The summed E-state index contributed by atoms with van der Waals surface area (Å²) in [5.74, 6) is 1.83. The molecule has 0 radical (unpaired) electrons. The minimum atomic E-state index is -0.449. The molecule has 0 spiro atoms. The van der Waals surface area contributed by atoms with E-state index in [1.807, 2.05) is 19.2 Å². The minimum Gasteiger partial charge on any atom is -0.493 e. The summed E-state index contributed by atoms with van der Waals surface area (Å²) in [6, 6.07) is 5.47. The van der Waals surface area contributed by atoms with E-state index in [-0.39, 0.29) is 17.9 Å². The van der Waals surface area contributed by atoms with Gasteiger partial charge in [-0.15, -0.1) is 0 Å². The number of nitrogens with one attached hydrogen (secondary N) is 1. The van der Waals surface area contributed by atoms with Crippen molar-refractivity contribution in [3.05, 3.63) is 39.7 Å². The van der Waals surface area contributed by atoms with Gasteiger partial charge in [-0.3, -0.25) is 9.59 Å². The van der Waals surface area contributed by atoms with Crippen LogP contribution in [0, 0.1) is 0 Å². The van der Waals surface area contributed by atoms with E-state index in [1.54, 1.807) is 24.9 Å². The number of methoxy groups -OCH3 is 2. The Morgan fingerprint density at radius 3 is 2.74 bits per heavy atom. The molecule has 3 rings (SSSR count). The lowest BCUT2D eigenvalue weighted by molar-refractivity contribution is -0.116. The number of carbonyl (C=O) groups excluding carboxylic acids is 1. The lowest BCUT2D eigenvalue weighted by atomic mass is 9.86. The zero-order valence-corrected chi connectivity index (χ0v) is 16.7. The van der Waals surface area contributed by atoms with Gasteiger partial charge in [0.05, 0.1) is 19.8 Å². The van der Waals surface area contributed by atoms with Crippen molar-refractivity contribution in [2.45, 2.75) is 30.8 Å². The third kappa shape index (κ3) is 3.53. The van der Waals surface area contributed by atoms with Crippen LogP contribution in [-0.4, -0.2) is 35.4 Å². The largest absolute Gasteiger partial charge is 0.493 e. The molecule has 1 aromatic carbocycles. The third-order valence-corrected chi connectivity index (χ3v) is 5.78. The smallest absolute Gasteiger partial charge is 0.279 e. The molecule has 2 heterocycles. The molecular formula is C19H23N3O4S. The van der Waals surface area contributed by atoms with Gasteiger partial charge in [-0.2, -0.15) is 4.98 Å². The summed E-state index contributed by atoms with van der Waals surface area (Å²) in [7, 11) is 4.92. The molecule has 0 bridgehead atoms. The molecule has 0 saturated carbocycles. The number of fused-ring (bicyclic) bond motifs is 1. The Hall–Kier alpha value is -2.48. The number of thioether (sulfide) groups is 1. The fraction of sp³-hybridized carbons (Fsp3) is 0.421. The highest BCUT2D eigenvalue weighted by molar-refractivity contribution is 7.99. The van der Waals surface area contributed by atoms with Crippen molar-refractivity contribution in [2.75, 3.05) is 25.3 Å². The van der Waals surface area contributed by atoms with Gasteiger partial charge in [-0.1, -0.05) is 30.8 Å². The molecule has 1 aliphatic rings. The number of para-hydroxylation sites is 1. The van der Waals surface area contributed by atoms with Crippen LogP contribution < -0.4 is 20.3 Å².